The maximum atomic E-state index is 14.6. The summed E-state index contributed by atoms with van der Waals surface area (Å²) in [5.74, 6) is -0.166. The summed E-state index contributed by atoms with van der Waals surface area (Å²) in [7, 11) is 1.47. The molecule has 0 heterocycles. The summed E-state index contributed by atoms with van der Waals surface area (Å²) in [5, 5.41) is 11.1. The highest BCUT2D eigenvalue weighted by Gasteiger charge is 2.27. The van der Waals surface area contributed by atoms with Gasteiger partial charge in [0.05, 0.1) is 29.9 Å². The Morgan fingerprint density at radius 2 is 1.66 bits per heavy atom. The van der Waals surface area contributed by atoms with E-state index in [9.17, 15) is 9.50 Å². The number of methoxy groups -OCH3 is 1. The van der Waals surface area contributed by atoms with Gasteiger partial charge in [-0.15, -0.1) is 0 Å². The van der Waals surface area contributed by atoms with Gasteiger partial charge in [0.15, 0.2) is 0 Å². The van der Waals surface area contributed by atoms with E-state index in [1.54, 1.807) is 25.1 Å². The largest absolute Gasteiger partial charge is 0.496 e. The highest BCUT2D eigenvalue weighted by molar-refractivity contribution is 6.39. The van der Waals surface area contributed by atoms with Crippen LogP contribution >= 0.6 is 23.2 Å². The van der Waals surface area contributed by atoms with Crippen molar-refractivity contribution in [1.29, 1.82) is 0 Å². The molecule has 0 amide bonds. The normalized spacial score (nSPS) is 13.2. The van der Waals surface area contributed by atoms with Crippen molar-refractivity contribution in [2.24, 2.45) is 0 Å². The van der Waals surface area contributed by atoms with Gasteiger partial charge in [-0.1, -0.05) is 59.6 Å². The molecule has 0 radical (unpaired) electrons. The van der Waals surface area contributed by atoms with E-state index in [4.69, 9.17) is 32.7 Å². The third kappa shape index (κ3) is 4.90. The van der Waals surface area contributed by atoms with Crippen LogP contribution in [0.4, 0.5) is 4.39 Å². The summed E-state index contributed by atoms with van der Waals surface area (Å²) in [6.07, 6.45) is -1.73. The SMILES string of the molecule is COc1c(-c2c(Cl)cccc2Cl)cc(F)cc1C(OCc1ccccc1)C(C)O. The zero-order chi connectivity index (χ0) is 21.0. The zero-order valence-electron chi connectivity index (χ0n) is 16.0. The fourth-order valence-electron chi connectivity index (χ4n) is 3.24. The Balaban J connectivity index is 2.08. The maximum Gasteiger partial charge on any atom is 0.132 e. The maximum absolute atomic E-state index is 14.6. The first-order valence-electron chi connectivity index (χ1n) is 9.07. The van der Waals surface area contributed by atoms with Crippen molar-refractivity contribution in [3.05, 3.63) is 87.7 Å². The van der Waals surface area contributed by atoms with Crippen LogP contribution in [0.3, 0.4) is 0 Å². The summed E-state index contributed by atoms with van der Waals surface area (Å²) in [4.78, 5) is 0. The number of rotatable bonds is 7. The average molecular weight is 435 g/mol. The van der Waals surface area contributed by atoms with Crippen molar-refractivity contribution < 1.29 is 19.0 Å². The molecule has 0 saturated heterocycles. The number of ether oxygens (including phenoxy) is 2. The van der Waals surface area contributed by atoms with Crippen LogP contribution in [-0.4, -0.2) is 18.3 Å². The van der Waals surface area contributed by atoms with E-state index >= 15 is 0 Å². The van der Waals surface area contributed by atoms with Gasteiger partial charge in [-0.25, -0.2) is 4.39 Å². The van der Waals surface area contributed by atoms with E-state index in [-0.39, 0.29) is 6.61 Å². The molecule has 0 saturated carbocycles. The lowest BCUT2D eigenvalue weighted by Gasteiger charge is -2.25. The first-order chi connectivity index (χ1) is 13.9. The van der Waals surface area contributed by atoms with Gasteiger partial charge in [-0.3, -0.25) is 0 Å². The van der Waals surface area contributed by atoms with Gasteiger partial charge in [-0.2, -0.15) is 0 Å². The number of aliphatic hydroxyl groups is 1. The monoisotopic (exact) mass is 434 g/mol. The van der Waals surface area contributed by atoms with Gasteiger partial charge < -0.3 is 14.6 Å². The Kier molecular flexibility index (Phi) is 7.14. The van der Waals surface area contributed by atoms with Crippen molar-refractivity contribution in [2.45, 2.75) is 25.7 Å². The number of halogens is 3. The molecular weight excluding hydrogens is 414 g/mol. The number of benzene rings is 3. The zero-order valence-corrected chi connectivity index (χ0v) is 17.5. The summed E-state index contributed by atoms with van der Waals surface area (Å²) in [6.45, 7) is 1.83. The average Bonchev–Trinajstić information content (AvgIpc) is 2.68. The number of aliphatic hydroxyl groups excluding tert-OH is 1. The molecule has 0 bridgehead atoms. The second-order valence-electron chi connectivity index (χ2n) is 6.63. The van der Waals surface area contributed by atoms with Crippen LogP contribution < -0.4 is 4.74 Å². The minimum Gasteiger partial charge on any atom is -0.496 e. The molecule has 3 rings (SSSR count). The molecule has 6 heteroatoms. The van der Waals surface area contributed by atoms with Crippen molar-refractivity contribution >= 4 is 23.2 Å². The van der Waals surface area contributed by atoms with Crippen LogP contribution in [-0.2, 0) is 11.3 Å². The van der Waals surface area contributed by atoms with E-state index in [1.807, 2.05) is 30.3 Å². The van der Waals surface area contributed by atoms with Gasteiger partial charge in [0.1, 0.15) is 17.7 Å². The summed E-state index contributed by atoms with van der Waals surface area (Å²) >= 11 is 12.7. The molecule has 0 spiro atoms. The Morgan fingerprint density at radius 1 is 1.00 bits per heavy atom. The highest BCUT2D eigenvalue weighted by Crippen LogP contribution is 2.44. The van der Waals surface area contributed by atoms with Crippen molar-refractivity contribution in [3.8, 4) is 16.9 Å². The van der Waals surface area contributed by atoms with Crippen LogP contribution in [0.2, 0.25) is 10.0 Å². The standard InChI is InChI=1S/C23H21Cl2FO3/c1-14(27)22(29-13-15-7-4-3-5-8-15)18-12-16(26)11-17(23(18)28-2)21-19(24)9-6-10-20(21)25/h3-12,14,22,27H,13H2,1-2H3. The van der Waals surface area contributed by atoms with Gasteiger partial charge in [0.25, 0.3) is 0 Å². The molecule has 2 unspecified atom stereocenters. The van der Waals surface area contributed by atoms with E-state index < -0.39 is 18.0 Å². The van der Waals surface area contributed by atoms with Gasteiger partial charge in [-0.05, 0) is 36.8 Å². The molecule has 1 N–H and O–H groups in total. The van der Waals surface area contributed by atoms with E-state index in [1.165, 1.54) is 19.2 Å². The third-order valence-electron chi connectivity index (χ3n) is 4.54. The van der Waals surface area contributed by atoms with Crippen LogP contribution in [0.15, 0.2) is 60.7 Å². The predicted octanol–water partition coefficient (Wildman–Crippen LogP) is 6.45. The topological polar surface area (TPSA) is 38.7 Å². The second kappa shape index (κ2) is 9.59. The number of hydrogen-bond donors (Lipinski definition) is 1. The Bertz CT molecular complexity index is 957. The molecule has 0 fully saturated rings. The molecule has 3 aromatic rings. The fourth-order valence-corrected chi connectivity index (χ4v) is 3.84. The lowest BCUT2D eigenvalue weighted by molar-refractivity contribution is -0.0412. The van der Waals surface area contributed by atoms with Crippen molar-refractivity contribution in [2.75, 3.05) is 7.11 Å². The molecule has 3 aromatic carbocycles. The molecule has 0 aromatic heterocycles. The van der Waals surface area contributed by atoms with Crippen LogP contribution in [0.5, 0.6) is 5.75 Å². The molecule has 152 valence electrons. The Labute approximate surface area is 179 Å². The van der Waals surface area contributed by atoms with Crippen LogP contribution in [0.1, 0.15) is 24.2 Å². The van der Waals surface area contributed by atoms with E-state index in [0.717, 1.165) is 5.56 Å². The summed E-state index contributed by atoms with van der Waals surface area (Å²) in [6, 6.07) is 17.2. The van der Waals surface area contributed by atoms with E-state index in [2.05, 4.69) is 0 Å². The van der Waals surface area contributed by atoms with Gasteiger partial charge in [0, 0.05) is 16.7 Å². The van der Waals surface area contributed by atoms with E-state index in [0.29, 0.717) is 32.5 Å². The van der Waals surface area contributed by atoms with Gasteiger partial charge >= 0.3 is 0 Å². The fraction of sp³-hybridized carbons (Fsp3) is 0.217. The first-order valence-corrected chi connectivity index (χ1v) is 9.83. The molecule has 2 atom stereocenters. The third-order valence-corrected chi connectivity index (χ3v) is 5.17. The lowest BCUT2D eigenvalue weighted by Crippen LogP contribution is -2.19. The molecule has 0 aliphatic heterocycles. The molecule has 0 aliphatic rings. The predicted molar refractivity (Wildman–Crippen MR) is 114 cm³/mol. The summed E-state index contributed by atoms with van der Waals surface area (Å²) < 4.78 is 26.2. The Hall–Kier alpha value is -2.11. The summed E-state index contributed by atoms with van der Waals surface area (Å²) in [5.41, 5.74) is 2.17. The van der Waals surface area contributed by atoms with Gasteiger partial charge in [0.2, 0.25) is 0 Å². The first kappa shape index (κ1) is 21.6. The number of hydrogen-bond acceptors (Lipinski definition) is 3. The minimum atomic E-state index is -0.913. The van der Waals surface area contributed by atoms with Crippen molar-refractivity contribution in [3.63, 3.8) is 0 Å². The molecule has 0 aliphatic carbocycles. The second-order valence-corrected chi connectivity index (χ2v) is 7.44. The van der Waals surface area contributed by atoms with Crippen LogP contribution in [0, 0.1) is 5.82 Å². The van der Waals surface area contributed by atoms with Crippen molar-refractivity contribution in [1.82, 2.24) is 0 Å². The quantitative estimate of drug-likeness (QED) is 0.464. The Morgan fingerprint density at radius 3 is 2.24 bits per heavy atom. The molecule has 3 nitrogen and oxygen atoms in total. The molecular formula is C23H21Cl2FO3. The van der Waals surface area contributed by atoms with Crippen LogP contribution in [0.25, 0.3) is 11.1 Å². The highest BCUT2D eigenvalue weighted by atomic mass is 35.5. The lowest BCUT2D eigenvalue weighted by atomic mass is 9.96. The molecule has 29 heavy (non-hydrogen) atoms. The smallest absolute Gasteiger partial charge is 0.132 e. The minimum absolute atomic E-state index is 0.248.